The van der Waals surface area contributed by atoms with Crippen molar-refractivity contribution in [2.24, 2.45) is 11.3 Å². The fraction of sp³-hybridized carbons (Fsp3) is 0.636. The Labute approximate surface area is 190 Å². The summed E-state index contributed by atoms with van der Waals surface area (Å²) in [7, 11) is 0.215. The fourth-order valence-electron chi connectivity index (χ4n) is 3.92. The largest absolute Gasteiger partial charge is 0.355 e. The fourth-order valence-corrected chi connectivity index (χ4v) is 4.95. The van der Waals surface area contributed by atoms with Crippen LogP contribution in [0.3, 0.4) is 0 Å². The minimum atomic E-state index is -3.79. The lowest BCUT2D eigenvalue weighted by molar-refractivity contribution is -0.135. The minimum absolute atomic E-state index is 0.0238. The Morgan fingerprint density at radius 1 is 1.16 bits per heavy atom. The van der Waals surface area contributed by atoms with E-state index >= 15 is 0 Å². The Hall–Kier alpha value is -2.04. The number of benzene rings is 1. The molecule has 1 aliphatic rings. The quantitative estimate of drug-likeness (QED) is 0.539. The predicted molar refractivity (Wildman–Crippen MR) is 121 cm³/mol. The van der Waals surface area contributed by atoms with Crippen molar-refractivity contribution >= 4 is 21.8 Å². The molecule has 0 saturated carbocycles. The van der Waals surface area contributed by atoms with Crippen molar-refractivity contribution in [2.75, 3.05) is 46.8 Å². The standard InChI is InChI=1S/C22H35FN4O4S/c1-22(2,16-26(3)4)15-24-21(29)17-10-13-27(14-11-17)20(28)9-12-25-32(30,31)19-7-5-18(23)6-8-19/h5-8,17,25H,9-16H2,1-4H3,(H,24,29). The summed E-state index contributed by atoms with van der Waals surface area (Å²) in [6, 6.07) is 4.50. The van der Waals surface area contributed by atoms with E-state index in [9.17, 15) is 22.4 Å². The summed E-state index contributed by atoms with van der Waals surface area (Å²) in [6.45, 7) is 6.59. The molecule has 1 heterocycles. The lowest BCUT2D eigenvalue weighted by Crippen LogP contribution is -2.46. The van der Waals surface area contributed by atoms with Gasteiger partial charge in [-0.15, -0.1) is 0 Å². The first-order valence-corrected chi connectivity index (χ1v) is 12.3. The van der Waals surface area contributed by atoms with Gasteiger partial charge in [0, 0.05) is 45.1 Å². The van der Waals surface area contributed by atoms with Crippen molar-refractivity contribution < 1.29 is 22.4 Å². The summed E-state index contributed by atoms with van der Waals surface area (Å²) in [6.07, 6.45) is 1.20. The monoisotopic (exact) mass is 470 g/mol. The number of sulfonamides is 1. The lowest BCUT2D eigenvalue weighted by Gasteiger charge is -2.33. The van der Waals surface area contributed by atoms with Gasteiger partial charge in [0.25, 0.3) is 0 Å². The third kappa shape index (κ3) is 8.14. The summed E-state index contributed by atoms with van der Waals surface area (Å²) in [5.41, 5.74) is -0.0307. The van der Waals surface area contributed by atoms with Crippen molar-refractivity contribution in [3.63, 3.8) is 0 Å². The zero-order valence-electron chi connectivity index (χ0n) is 19.4. The molecule has 10 heteroatoms. The third-order valence-electron chi connectivity index (χ3n) is 5.46. The molecule has 1 aliphatic heterocycles. The number of amides is 2. The molecule has 1 aromatic carbocycles. The van der Waals surface area contributed by atoms with E-state index in [-0.39, 0.29) is 41.0 Å². The van der Waals surface area contributed by atoms with Gasteiger partial charge in [-0.1, -0.05) is 13.8 Å². The van der Waals surface area contributed by atoms with Crippen molar-refractivity contribution in [3.8, 4) is 0 Å². The normalized spacial score (nSPS) is 15.8. The van der Waals surface area contributed by atoms with Crippen LogP contribution in [-0.2, 0) is 19.6 Å². The topological polar surface area (TPSA) is 98.8 Å². The smallest absolute Gasteiger partial charge is 0.240 e. The number of rotatable bonds is 10. The predicted octanol–water partition coefficient (Wildman–Crippen LogP) is 1.44. The van der Waals surface area contributed by atoms with Crippen LogP contribution in [0, 0.1) is 17.2 Å². The summed E-state index contributed by atoms with van der Waals surface area (Å²) >= 11 is 0. The number of nitrogens with one attached hydrogen (secondary N) is 2. The molecule has 0 aromatic heterocycles. The highest BCUT2D eigenvalue weighted by atomic mass is 32.2. The van der Waals surface area contributed by atoms with Gasteiger partial charge in [-0.3, -0.25) is 9.59 Å². The van der Waals surface area contributed by atoms with Gasteiger partial charge in [-0.25, -0.2) is 17.5 Å². The maximum absolute atomic E-state index is 13.0. The molecule has 1 fully saturated rings. The molecular formula is C22H35FN4O4S. The summed E-state index contributed by atoms with van der Waals surface area (Å²) < 4.78 is 39.7. The molecule has 0 bridgehead atoms. The van der Waals surface area contributed by atoms with E-state index in [1.807, 2.05) is 14.1 Å². The molecule has 32 heavy (non-hydrogen) atoms. The molecule has 0 atom stereocenters. The van der Waals surface area contributed by atoms with Crippen molar-refractivity contribution in [1.82, 2.24) is 19.8 Å². The highest BCUT2D eigenvalue weighted by Crippen LogP contribution is 2.20. The first-order chi connectivity index (χ1) is 14.9. The second-order valence-corrected chi connectivity index (χ2v) is 11.1. The highest BCUT2D eigenvalue weighted by Gasteiger charge is 2.28. The molecule has 180 valence electrons. The molecule has 0 aliphatic carbocycles. The molecule has 2 N–H and O–H groups in total. The molecule has 0 spiro atoms. The number of hydrogen-bond donors (Lipinski definition) is 2. The van der Waals surface area contributed by atoms with Gasteiger partial charge in [0.15, 0.2) is 0 Å². The summed E-state index contributed by atoms with van der Waals surface area (Å²) in [5.74, 6) is -0.770. The van der Waals surface area contributed by atoms with Gasteiger partial charge < -0.3 is 15.1 Å². The molecular weight excluding hydrogens is 435 g/mol. The number of piperidine rings is 1. The zero-order chi connectivity index (χ0) is 23.9. The van der Waals surface area contributed by atoms with E-state index in [1.54, 1.807) is 4.90 Å². The number of halogens is 1. The first kappa shape index (κ1) is 26.2. The number of carbonyl (C=O) groups excluding carboxylic acids is 2. The van der Waals surface area contributed by atoms with Crippen LogP contribution in [0.1, 0.15) is 33.1 Å². The summed E-state index contributed by atoms with van der Waals surface area (Å²) in [4.78, 5) is 28.7. The van der Waals surface area contributed by atoms with Crippen molar-refractivity contribution in [1.29, 1.82) is 0 Å². The average molecular weight is 471 g/mol. The second-order valence-electron chi connectivity index (χ2n) is 9.38. The van der Waals surface area contributed by atoms with Crippen LogP contribution in [0.15, 0.2) is 29.2 Å². The third-order valence-corrected chi connectivity index (χ3v) is 6.94. The average Bonchev–Trinajstić information content (AvgIpc) is 2.71. The van der Waals surface area contributed by atoms with E-state index in [0.29, 0.717) is 32.5 Å². The zero-order valence-corrected chi connectivity index (χ0v) is 20.2. The van der Waals surface area contributed by atoms with E-state index in [1.165, 1.54) is 12.1 Å². The van der Waals surface area contributed by atoms with Crippen LogP contribution < -0.4 is 10.0 Å². The van der Waals surface area contributed by atoms with Gasteiger partial charge in [0.2, 0.25) is 21.8 Å². The maximum atomic E-state index is 13.0. The second kappa shape index (κ2) is 11.2. The Balaban J connectivity index is 1.73. The summed E-state index contributed by atoms with van der Waals surface area (Å²) in [5, 5.41) is 3.04. The first-order valence-electron chi connectivity index (χ1n) is 10.8. The van der Waals surface area contributed by atoms with Crippen molar-refractivity contribution in [3.05, 3.63) is 30.1 Å². The van der Waals surface area contributed by atoms with Crippen LogP contribution >= 0.6 is 0 Å². The Bertz CT molecular complexity index is 880. The Kier molecular flexibility index (Phi) is 9.18. The highest BCUT2D eigenvalue weighted by molar-refractivity contribution is 7.89. The van der Waals surface area contributed by atoms with Crippen LogP contribution in [0.4, 0.5) is 4.39 Å². The molecule has 1 saturated heterocycles. The van der Waals surface area contributed by atoms with Gasteiger partial charge in [-0.05, 0) is 56.6 Å². The minimum Gasteiger partial charge on any atom is -0.355 e. The van der Waals surface area contributed by atoms with Crippen LogP contribution in [-0.4, -0.2) is 76.9 Å². The molecule has 0 unspecified atom stereocenters. The molecule has 2 rings (SSSR count). The Morgan fingerprint density at radius 2 is 1.75 bits per heavy atom. The molecule has 8 nitrogen and oxygen atoms in total. The Morgan fingerprint density at radius 3 is 2.31 bits per heavy atom. The van der Waals surface area contributed by atoms with Gasteiger partial charge >= 0.3 is 0 Å². The SMILES string of the molecule is CN(C)CC(C)(C)CNC(=O)C1CCN(C(=O)CCNS(=O)(=O)c2ccc(F)cc2)CC1. The molecule has 0 radical (unpaired) electrons. The number of likely N-dealkylation sites (tertiary alicyclic amines) is 1. The maximum Gasteiger partial charge on any atom is 0.240 e. The number of nitrogens with zero attached hydrogens (tertiary/aromatic N) is 2. The van der Waals surface area contributed by atoms with Gasteiger partial charge in [0.1, 0.15) is 5.82 Å². The van der Waals surface area contributed by atoms with Crippen LogP contribution in [0.5, 0.6) is 0 Å². The van der Waals surface area contributed by atoms with Crippen LogP contribution in [0.25, 0.3) is 0 Å². The van der Waals surface area contributed by atoms with E-state index in [2.05, 4.69) is 28.8 Å². The van der Waals surface area contributed by atoms with Crippen molar-refractivity contribution in [2.45, 2.75) is 38.0 Å². The van der Waals surface area contributed by atoms with Crippen LogP contribution in [0.2, 0.25) is 0 Å². The molecule has 2 amide bonds. The number of carbonyl (C=O) groups is 2. The lowest BCUT2D eigenvalue weighted by atomic mass is 9.91. The van der Waals surface area contributed by atoms with E-state index < -0.39 is 15.8 Å². The van der Waals surface area contributed by atoms with E-state index in [4.69, 9.17) is 0 Å². The van der Waals surface area contributed by atoms with E-state index in [0.717, 1.165) is 18.7 Å². The molecule has 1 aromatic rings. The van der Waals surface area contributed by atoms with Gasteiger partial charge in [0.05, 0.1) is 4.90 Å². The number of hydrogen-bond acceptors (Lipinski definition) is 5. The van der Waals surface area contributed by atoms with Gasteiger partial charge in [-0.2, -0.15) is 0 Å².